The second kappa shape index (κ2) is 5.15. The Kier molecular flexibility index (Phi) is 3.99. The molecule has 2 aliphatic heterocycles. The Morgan fingerprint density at radius 1 is 1.24 bits per heavy atom. The molecule has 98 valence electrons. The lowest BCUT2D eigenvalue weighted by molar-refractivity contribution is -0.122. The summed E-state index contributed by atoms with van der Waals surface area (Å²) in [5.41, 5.74) is 0. The highest BCUT2D eigenvalue weighted by atomic mass is 35.5. The minimum atomic E-state index is 0. The van der Waals surface area contributed by atoms with Crippen LogP contribution in [0.3, 0.4) is 0 Å². The van der Waals surface area contributed by atoms with E-state index in [1.54, 1.807) is 0 Å². The number of carbonyl (C=O) groups is 1. The van der Waals surface area contributed by atoms with Crippen LogP contribution >= 0.6 is 12.4 Å². The Balaban J connectivity index is 0.00000108. The van der Waals surface area contributed by atoms with E-state index in [-0.39, 0.29) is 12.4 Å². The van der Waals surface area contributed by atoms with Crippen molar-refractivity contribution in [1.82, 2.24) is 10.6 Å². The summed E-state index contributed by atoms with van der Waals surface area (Å²) in [6, 6.07) is 1.90. The fraction of sp³-hybridized carbons (Fsp3) is 0.923. The molecule has 3 fully saturated rings. The smallest absolute Gasteiger partial charge is 0.220 e. The molecule has 0 aromatic carbocycles. The van der Waals surface area contributed by atoms with E-state index in [0.717, 1.165) is 6.42 Å². The summed E-state index contributed by atoms with van der Waals surface area (Å²) in [5, 5.41) is 6.76. The summed E-state index contributed by atoms with van der Waals surface area (Å²) >= 11 is 0. The Labute approximate surface area is 110 Å². The van der Waals surface area contributed by atoms with E-state index in [4.69, 9.17) is 0 Å². The largest absolute Gasteiger partial charge is 0.353 e. The quantitative estimate of drug-likeness (QED) is 0.811. The van der Waals surface area contributed by atoms with E-state index in [9.17, 15) is 4.79 Å². The summed E-state index contributed by atoms with van der Waals surface area (Å²) < 4.78 is 0. The maximum Gasteiger partial charge on any atom is 0.220 e. The van der Waals surface area contributed by atoms with Gasteiger partial charge in [0.1, 0.15) is 0 Å². The van der Waals surface area contributed by atoms with Gasteiger partial charge in [-0.25, -0.2) is 0 Å². The van der Waals surface area contributed by atoms with E-state index in [1.165, 1.54) is 32.1 Å². The molecule has 0 spiro atoms. The van der Waals surface area contributed by atoms with Gasteiger partial charge in [0.25, 0.3) is 0 Å². The topological polar surface area (TPSA) is 41.1 Å². The summed E-state index contributed by atoms with van der Waals surface area (Å²) in [6.07, 6.45) is 7.01. The van der Waals surface area contributed by atoms with Crippen LogP contribution in [-0.2, 0) is 4.79 Å². The molecule has 3 aliphatic rings. The first-order chi connectivity index (χ1) is 7.70. The van der Waals surface area contributed by atoms with Crippen molar-refractivity contribution in [1.29, 1.82) is 0 Å². The zero-order valence-corrected chi connectivity index (χ0v) is 11.3. The molecular weight excluding hydrogens is 236 g/mol. The maximum absolute atomic E-state index is 11.8. The summed E-state index contributed by atoms with van der Waals surface area (Å²) in [7, 11) is 0. The molecule has 2 heterocycles. The fourth-order valence-electron chi connectivity index (χ4n) is 3.39. The van der Waals surface area contributed by atoms with Crippen LogP contribution < -0.4 is 10.6 Å². The molecular formula is C13H23ClN2O. The zero-order valence-electron chi connectivity index (χ0n) is 10.4. The first-order valence-corrected chi connectivity index (χ1v) is 6.76. The molecule has 0 radical (unpaired) electrons. The van der Waals surface area contributed by atoms with Gasteiger partial charge in [0.05, 0.1) is 0 Å². The van der Waals surface area contributed by atoms with Gasteiger partial charge >= 0.3 is 0 Å². The standard InChI is InChI=1S/C13H22N2O.ClH/c1-8-4-12(8)15-13(16)7-9-5-10-2-3-11(6-9)14-10;/h8-12,14H,2-7H2,1H3,(H,15,16);1H. The Hall–Kier alpha value is -0.280. The number of nitrogens with one attached hydrogen (secondary N) is 2. The minimum Gasteiger partial charge on any atom is -0.353 e. The molecule has 17 heavy (non-hydrogen) atoms. The van der Waals surface area contributed by atoms with Gasteiger partial charge in [0, 0.05) is 24.5 Å². The molecule has 4 unspecified atom stereocenters. The average molecular weight is 259 g/mol. The van der Waals surface area contributed by atoms with Crippen LogP contribution in [0.1, 0.15) is 45.4 Å². The van der Waals surface area contributed by atoms with Crippen LogP contribution in [0.25, 0.3) is 0 Å². The van der Waals surface area contributed by atoms with E-state index < -0.39 is 0 Å². The van der Waals surface area contributed by atoms with Crippen molar-refractivity contribution in [2.24, 2.45) is 11.8 Å². The molecule has 1 aliphatic carbocycles. The summed E-state index contributed by atoms with van der Waals surface area (Å²) in [4.78, 5) is 11.8. The van der Waals surface area contributed by atoms with E-state index in [1.807, 2.05) is 0 Å². The van der Waals surface area contributed by atoms with E-state index >= 15 is 0 Å². The third-order valence-corrected chi connectivity index (χ3v) is 4.50. The molecule has 3 nitrogen and oxygen atoms in total. The third-order valence-electron chi connectivity index (χ3n) is 4.50. The third kappa shape index (κ3) is 3.14. The second-order valence-corrected chi connectivity index (χ2v) is 6.07. The summed E-state index contributed by atoms with van der Waals surface area (Å²) in [6.45, 7) is 2.20. The van der Waals surface area contributed by atoms with Crippen molar-refractivity contribution < 1.29 is 4.79 Å². The molecule has 2 N–H and O–H groups in total. The van der Waals surface area contributed by atoms with Gasteiger partial charge < -0.3 is 10.6 Å². The average Bonchev–Trinajstić information content (AvgIpc) is 2.79. The SMILES string of the molecule is CC1CC1NC(=O)CC1CC2CCC(C1)N2.Cl. The van der Waals surface area contributed by atoms with Crippen molar-refractivity contribution >= 4 is 18.3 Å². The highest BCUT2D eigenvalue weighted by Crippen LogP contribution is 2.33. The van der Waals surface area contributed by atoms with Crippen LogP contribution in [0.4, 0.5) is 0 Å². The highest BCUT2D eigenvalue weighted by Gasteiger charge is 2.36. The number of amides is 1. The molecule has 3 rings (SSSR count). The Morgan fingerprint density at radius 2 is 1.82 bits per heavy atom. The summed E-state index contributed by atoms with van der Waals surface area (Å²) in [5.74, 6) is 1.64. The number of hydrogen-bond acceptors (Lipinski definition) is 2. The molecule has 2 saturated heterocycles. The van der Waals surface area contributed by atoms with Gasteiger partial charge in [-0.15, -0.1) is 12.4 Å². The zero-order chi connectivity index (χ0) is 11.1. The number of carbonyl (C=O) groups excluding carboxylic acids is 1. The van der Waals surface area contributed by atoms with Gasteiger partial charge in [-0.2, -0.15) is 0 Å². The van der Waals surface area contributed by atoms with Crippen molar-refractivity contribution in [3.8, 4) is 0 Å². The molecule has 4 heteroatoms. The van der Waals surface area contributed by atoms with Gasteiger partial charge in [-0.3, -0.25) is 4.79 Å². The number of rotatable bonds is 3. The molecule has 0 aromatic rings. The number of halogens is 1. The van der Waals surface area contributed by atoms with Crippen molar-refractivity contribution in [2.75, 3.05) is 0 Å². The van der Waals surface area contributed by atoms with Crippen LogP contribution in [0, 0.1) is 11.8 Å². The van der Waals surface area contributed by atoms with Gasteiger partial charge in [-0.05, 0) is 43.9 Å². The number of piperidine rings is 1. The lowest BCUT2D eigenvalue weighted by atomic mass is 9.89. The van der Waals surface area contributed by atoms with E-state index in [0.29, 0.717) is 35.9 Å². The highest BCUT2D eigenvalue weighted by molar-refractivity contribution is 5.85. The lowest BCUT2D eigenvalue weighted by Gasteiger charge is -2.28. The normalized spacial score (nSPS) is 42.8. The molecule has 1 saturated carbocycles. The first kappa shape index (κ1) is 13.2. The fourth-order valence-corrected chi connectivity index (χ4v) is 3.39. The Bertz CT molecular complexity index is 285. The van der Waals surface area contributed by atoms with Crippen molar-refractivity contribution in [3.63, 3.8) is 0 Å². The predicted octanol–water partition coefficient (Wildman–Crippen LogP) is 1.85. The molecule has 2 bridgehead atoms. The van der Waals surface area contributed by atoms with Gasteiger partial charge in [0.15, 0.2) is 0 Å². The van der Waals surface area contributed by atoms with E-state index in [2.05, 4.69) is 17.6 Å². The maximum atomic E-state index is 11.8. The Morgan fingerprint density at radius 3 is 2.35 bits per heavy atom. The van der Waals surface area contributed by atoms with Gasteiger partial charge in [0.2, 0.25) is 5.91 Å². The predicted molar refractivity (Wildman–Crippen MR) is 70.2 cm³/mol. The second-order valence-electron chi connectivity index (χ2n) is 6.07. The minimum absolute atomic E-state index is 0. The van der Waals surface area contributed by atoms with Gasteiger partial charge in [-0.1, -0.05) is 6.92 Å². The van der Waals surface area contributed by atoms with Crippen LogP contribution in [0.2, 0.25) is 0 Å². The molecule has 4 atom stereocenters. The number of hydrogen-bond donors (Lipinski definition) is 2. The van der Waals surface area contributed by atoms with Crippen LogP contribution in [0.15, 0.2) is 0 Å². The van der Waals surface area contributed by atoms with Crippen molar-refractivity contribution in [3.05, 3.63) is 0 Å². The molecule has 0 aromatic heterocycles. The lowest BCUT2D eigenvalue weighted by Crippen LogP contribution is -2.40. The first-order valence-electron chi connectivity index (χ1n) is 6.76. The number of fused-ring (bicyclic) bond motifs is 2. The monoisotopic (exact) mass is 258 g/mol. The van der Waals surface area contributed by atoms with Crippen LogP contribution in [-0.4, -0.2) is 24.0 Å². The molecule has 1 amide bonds. The van der Waals surface area contributed by atoms with Crippen molar-refractivity contribution in [2.45, 2.75) is 63.6 Å². The van der Waals surface area contributed by atoms with Crippen LogP contribution in [0.5, 0.6) is 0 Å².